The fourth-order valence-electron chi connectivity index (χ4n) is 3.14. The van der Waals surface area contributed by atoms with Crippen LogP contribution in [0.1, 0.15) is 22.6 Å². The lowest BCUT2D eigenvalue weighted by molar-refractivity contribution is -0.145. The van der Waals surface area contributed by atoms with Crippen molar-refractivity contribution in [2.24, 2.45) is 0 Å². The van der Waals surface area contributed by atoms with E-state index in [0.29, 0.717) is 11.3 Å². The maximum Gasteiger partial charge on any atom is 0.451 e. The Kier molecular flexibility index (Phi) is 5.03. The van der Waals surface area contributed by atoms with Crippen molar-refractivity contribution >= 4 is 17.4 Å². The van der Waals surface area contributed by atoms with E-state index in [0.717, 1.165) is 12.4 Å². The maximum atomic E-state index is 13.8. The van der Waals surface area contributed by atoms with E-state index < -0.39 is 30.4 Å². The van der Waals surface area contributed by atoms with Crippen LogP contribution in [0.5, 0.6) is 0 Å². The van der Waals surface area contributed by atoms with Gasteiger partial charge in [0.2, 0.25) is 5.82 Å². The van der Waals surface area contributed by atoms with Crippen molar-refractivity contribution in [1.29, 1.82) is 0 Å². The lowest BCUT2D eigenvalue weighted by atomic mass is 10.1. The molecule has 0 radical (unpaired) electrons. The first-order valence-electron chi connectivity index (χ1n) is 8.96. The molecule has 1 fully saturated rings. The van der Waals surface area contributed by atoms with Gasteiger partial charge in [-0.15, -0.1) is 0 Å². The highest BCUT2D eigenvalue weighted by Crippen LogP contribution is 2.38. The van der Waals surface area contributed by atoms with Crippen LogP contribution in [-0.2, 0) is 6.18 Å². The molecule has 0 atom stereocenters. The highest BCUT2D eigenvalue weighted by molar-refractivity contribution is 6.07. The Bertz CT molecular complexity index is 1080. The van der Waals surface area contributed by atoms with Gasteiger partial charge in [-0.05, 0) is 12.1 Å². The van der Waals surface area contributed by atoms with Crippen molar-refractivity contribution in [3.8, 4) is 11.3 Å². The van der Waals surface area contributed by atoms with Gasteiger partial charge < -0.3 is 10.2 Å². The first kappa shape index (κ1) is 20.6. The average Bonchev–Trinajstić information content (AvgIpc) is 3.37. The molecule has 0 aliphatic carbocycles. The van der Waals surface area contributed by atoms with Crippen molar-refractivity contribution in [2.75, 3.05) is 23.3 Å². The first-order valence-corrected chi connectivity index (χ1v) is 8.96. The van der Waals surface area contributed by atoms with Gasteiger partial charge in [-0.3, -0.25) is 9.89 Å². The quantitative estimate of drug-likeness (QED) is 0.605. The van der Waals surface area contributed by atoms with Crippen LogP contribution in [0, 0.1) is 0 Å². The van der Waals surface area contributed by atoms with Gasteiger partial charge >= 0.3 is 6.18 Å². The number of pyridine rings is 1. The normalized spacial score (nSPS) is 15.8. The molecule has 1 amide bonds. The minimum absolute atomic E-state index is 0.0126. The number of carbonyl (C=O) groups excluding carboxylic acids is 1. The van der Waals surface area contributed by atoms with Gasteiger partial charge in [0.1, 0.15) is 0 Å². The minimum atomic E-state index is -4.75. The summed E-state index contributed by atoms with van der Waals surface area (Å²) >= 11 is 0. The molecule has 8 nitrogen and oxygen atoms in total. The van der Waals surface area contributed by atoms with E-state index in [1.165, 1.54) is 17.3 Å². The van der Waals surface area contributed by atoms with Crippen LogP contribution < -0.4 is 10.2 Å². The number of carbonyl (C=O) groups is 1. The number of rotatable bonds is 4. The fourth-order valence-corrected chi connectivity index (χ4v) is 3.14. The lowest BCUT2D eigenvalue weighted by Gasteiger charge is -2.22. The fraction of sp³-hybridized carbons (Fsp3) is 0.278. The number of alkyl halides is 5. The van der Waals surface area contributed by atoms with Gasteiger partial charge in [0.05, 0.1) is 23.5 Å². The highest BCUT2D eigenvalue weighted by atomic mass is 19.4. The molecular weight excluding hydrogens is 425 g/mol. The molecule has 0 spiro atoms. The summed E-state index contributed by atoms with van der Waals surface area (Å²) in [7, 11) is 0. The van der Waals surface area contributed by atoms with Crippen LogP contribution in [0.4, 0.5) is 33.5 Å². The summed E-state index contributed by atoms with van der Waals surface area (Å²) in [6.07, 6.45) is -0.779. The molecule has 31 heavy (non-hydrogen) atoms. The van der Waals surface area contributed by atoms with Gasteiger partial charge in [-0.1, -0.05) is 0 Å². The Morgan fingerprint density at radius 1 is 1.13 bits per heavy atom. The molecule has 1 aliphatic rings. The molecule has 0 bridgehead atoms. The number of nitrogens with zero attached hydrogens (tertiary/aromatic N) is 5. The molecular formula is C18H14F5N7O. The van der Waals surface area contributed by atoms with Crippen molar-refractivity contribution in [2.45, 2.75) is 18.5 Å². The van der Waals surface area contributed by atoms with Gasteiger partial charge in [0.15, 0.2) is 5.82 Å². The van der Waals surface area contributed by atoms with Crippen molar-refractivity contribution in [3.63, 3.8) is 0 Å². The summed E-state index contributed by atoms with van der Waals surface area (Å²) in [6, 6.07) is 3.15. The van der Waals surface area contributed by atoms with Crippen LogP contribution in [-0.4, -0.2) is 50.1 Å². The number of hydrogen-bond acceptors (Lipinski definition) is 6. The summed E-state index contributed by atoms with van der Waals surface area (Å²) < 4.78 is 65.5. The third kappa shape index (κ3) is 4.29. The average molecular weight is 439 g/mol. The van der Waals surface area contributed by atoms with E-state index in [-0.39, 0.29) is 30.0 Å². The topological polar surface area (TPSA) is 99.7 Å². The second kappa shape index (κ2) is 7.56. The summed E-state index contributed by atoms with van der Waals surface area (Å²) in [5, 5.41) is 9.11. The van der Waals surface area contributed by atoms with E-state index in [2.05, 4.69) is 30.5 Å². The standard InChI is InChI=1S/C18H14F5N7O/c19-17(20)3-6-30(9-17)14-13(11(1-4-24-14)12-2-5-27-29-12)28-15(31)10-7-25-16(26-8-10)18(21,22)23/h1-2,4-5,7-8H,3,6,9H2,(H,27,29)(H,28,31). The Labute approximate surface area is 171 Å². The van der Waals surface area contributed by atoms with E-state index in [1.807, 2.05) is 0 Å². The predicted molar refractivity (Wildman–Crippen MR) is 98.6 cm³/mol. The molecule has 1 saturated heterocycles. The molecule has 3 aromatic rings. The van der Waals surface area contributed by atoms with E-state index in [4.69, 9.17) is 0 Å². The highest BCUT2D eigenvalue weighted by Gasteiger charge is 2.40. The second-order valence-corrected chi connectivity index (χ2v) is 6.80. The number of aromatic nitrogens is 5. The second-order valence-electron chi connectivity index (χ2n) is 6.80. The number of halogens is 5. The lowest BCUT2D eigenvalue weighted by Crippen LogP contribution is -2.27. The molecule has 2 N–H and O–H groups in total. The zero-order valence-corrected chi connectivity index (χ0v) is 15.6. The molecule has 1 aliphatic heterocycles. The third-order valence-electron chi connectivity index (χ3n) is 4.60. The Morgan fingerprint density at radius 3 is 2.45 bits per heavy atom. The molecule has 0 aromatic carbocycles. The molecule has 4 rings (SSSR count). The molecule has 13 heteroatoms. The smallest absolute Gasteiger partial charge is 0.349 e. The summed E-state index contributed by atoms with van der Waals surface area (Å²) in [6.45, 7) is -0.572. The number of hydrogen-bond donors (Lipinski definition) is 2. The molecule has 0 saturated carbocycles. The van der Waals surface area contributed by atoms with Crippen LogP contribution in [0.3, 0.4) is 0 Å². The zero-order chi connectivity index (χ0) is 22.2. The van der Waals surface area contributed by atoms with Crippen LogP contribution in [0.2, 0.25) is 0 Å². The van der Waals surface area contributed by atoms with Gasteiger partial charge in [0.25, 0.3) is 11.8 Å². The van der Waals surface area contributed by atoms with Crippen molar-refractivity contribution in [1.82, 2.24) is 25.1 Å². The summed E-state index contributed by atoms with van der Waals surface area (Å²) in [5.74, 6) is -5.02. The SMILES string of the molecule is O=C(Nc1c(-c2ccn[nH]2)ccnc1N1CCC(F)(F)C1)c1cnc(C(F)(F)F)nc1. The van der Waals surface area contributed by atoms with Gasteiger partial charge in [-0.2, -0.15) is 18.3 Å². The van der Waals surface area contributed by atoms with E-state index in [9.17, 15) is 26.7 Å². The maximum absolute atomic E-state index is 13.8. The van der Waals surface area contributed by atoms with Crippen molar-refractivity contribution in [3.05, 3.63) is 48.3 Å². The zero-order valence-electron chi connectivity index (χ0n) is 15.6. The molecule has 0 unspecified atom stereocenters. The van der Waals surface area contributed by atoms with Crippen LogP contribution >= 0.6 is 0 Å². The number of anilines is 2. The molecule has 162 valence electrons. The number of amides is 1. The number of H-pyrrole nitrogens is 1. The van der Waals surface area contributed by atoms with Crippen LogP contribution in [0.15, 0.2) is 36.9 Å². The molecule has 3 aromatic heterocycles. The van der Waals surface area contributed by atoms with Gasteiger partial charge in [-0.25, -0.2) is 23.7 Å². The first-order chi connectivity index (χ1) is 14.6. The number of aromatic amines is 1. The Hall–Kier alpha value is -3.64. The van der Waals surface area contributed by atoms with Gasteiger partial charge in [0, 0.05) is 43.3 Å². The summed E-state index contributed by atoms with van der Waals surface area (Å²) in [5.41, 5.74) is 0.756. The monoisotopic (exact) mass is 439 g/mol. The number of nitrogens with one attached hydrogen (secondary N) is 2. The Morgan fingerprint density at radius 2 is 1.87 bits per heavy atom. The molecule has 4 heterocycles. The van der Waals surface area contributed by atoms with Crippen LogP contribution in [0.25, 0.3) is 11.3 Å². The predicted octanol–water partition coefficient (Wildman–Crippen LogP) is 3.38. The third-order valence-corrected chi connectivity index (χ3v) is 4.60. The Balaban J connectivity index is 1.70. The van der Waals surface area contributed by atoms with Crippen molar-refractivity contribution < 1.29 is 26.7 Å². The van der Waals surface area contributed by atoms with E-state index in [1.54, 1.807) is 12.1 Å². The van der Waals surface area contributed by atoms with E-state index >= 15 is 0 Å². The largest absolute Gasteiger partial charge is 0.451 e. The minimum Gasteiger partial charge on any atom is -0.349 e. The summed E-state index contributed by atoms with van der Waals surface area (Å²) in [4.78, 5) is 24.5.